The summed E-state index contributed by atoms with van der Waals surface area (Å²) < 4.78 is 10.1. The summed E-state index contributed by atoms with van der Waals surface area (Å²) in [5.74, 6) is -0.868. The quantitative estimate of drug-likeness (QED) is 0.786. The van der Waals surface area contributed by atoms with Gasteiger partial charge < -0.3 is 14.8 Å². The number of ether oxygens (including phenoxy) is 2. The second-order valence-electron chi connectivity index (χ2n) is 5.80. The van der Waals surface area contributed by atoms with Crippen LogP contribution in [-0.2, 0) is 25.5 Å². The highest BCUT2D eigenvalue weighted by atomic mass is 16.5. The monoisotopic (exact) mass is 341 g/mol. The fourth-order valence-corrected chi connectivity index (χ4v) is 2.57. The van der Waals surface area contributed by atoms with Gasteiger partial charge in [-0.1, -0.05) is 60.2 Å². The van der Waals surface area contributed by atoms with Crippen LogP contribution in [0, 0.1) is 6.92 Å². The molecule has 2 atom stereocenters. The molecule has 0 saturated carbocycles. The third kappa shape index (κ3) is 5.16. The summed E-state index contributed by atoms with van der Waals surface area (Å²) in [7, 11) is 2.77. The molecule has 0 aliphatic rings. The number of hydrogen-bond acceptors (Lipinski definition) is 4. The molecule has 0 aromatic heterocycles. The Morgan fingerprint density at radius 1 is 1.00 bits per heavy atom. The van der Waals surface area contributed by atoms with Crippen molar-refractivity contribution in [2.24, 2.45) is 0 Å². The SMILES string of the molecule is COC(=O)[C@@H](Cc1ccc(C)cc1)NC(=O)[C@H](OC)c1ccccc1. The number of carbonyl (C=O) groups excluding carboxylic acids is 2. The number of aryl methyl sites for hydroxylation is 1. The minimum absolute atomic E-state index is 0.351. The van der Waals surface area contributed by atoms with Crippen molar-refractivity contribution in [1.82, 2.24) is 5.32 Å². The maximum Gasteiger partial charge on any atom is 0.328 e. The fourth-order valence-electron chi connectivity index (χ4n) is 2.57. The summed E-state index contributed by atoms with van der Waals surface area (Å²) in [6, 6.07) is 16.2. The number of benzene rings is 2. The molecule has 1 N–H and O–H groups in total. The number of nitrogens with one attached hydrogen (secondary N) is 1. The Kier molecular flexibility index (Phi) is 6.71. The van der Waals surface area contributed by atoms with E-state index in [0.29, 0.717) is 6.42 Å². The first-order chi connectivity index (χ1) is 12.0. The molecule has 25 heavy (non-hydrogen) atoms. The molecule has 1 amide bonds. The Balaban J connectivity index is 2.13. The van der Waals surface area contributed by atoms with E-state index in [-0.39, 0.29) is 5.91 Å². The smallest absolute Gasteiger partial charge is 0.328 e. The third-order valence-corrected chi connectivity index (χ3v) is 3.94. The van der Waals surface area contributed by atoms with Gasteiger partial charge in [-0.3, -0.25) is 4.79 Å². The minimum Gasteiger partial charge on any atom is -0.467 e. The van der Waals surface area contributed by atoms with Gasteiger partial charge in [-0.05, 0) is 18.1 Å². The Morgan fingerprint density at radius 3 is 2.20 bits per heavy atom. The number of rotatable bonds is 7. The molecule has 0 heterocycles. The molecular weight excluding hydrogens is 318 g/mol. The summed E-state index contributed by atoms with van der Waals surface area (Å²) in [5, 5.41) is 2.74. The Bertz CT molecular complexity index is 697. The lowest BCUT2D eigenvalue weighted by Gasteiger charge is -2.21. The number of amides is 1. The standard InChI is InChI=1S/C20H23NO4/c1-14-9-11-15(12-10-14)13-17(20(23)25-3)21-19(22)18(24-2)16-7-5-4-6-8-16/h4-12,17-18H,13H2,1-3H3,(H,21,22)/t17-,18-/m1/s1. The lowest BCUT2D eigenvalue weighted by Crippen LogP contribution is -2.45. The maximum absolute atomic E-state index is 12.6. The summed E-state index contributed by atoms with van der Waals surface area (Å²) in [6.07, 6.45) is -0.435. The zero-order valence-corrected chi connectivity index (χ0v) is 14.7. The van der Waals surface area contributed by atoms with Crippen LogP contribution in [0.1, 0.15) is 22.8 Å². The van der Waals surface area contributed by atoms with Gasteiger partial charge in [0.2, 0.25) is 0 Å². The average molecular weight is 341 g/mol. The summed E-state index contributed by atoms with van der Waals surface area (Å²) in [4.78, 5) is 24.7. The van der Waals surface area contributed by atoms with Crippen LogP contribution in [-0.4, -0.2) is 32.1 Å². The molecule has 2 aromatic rings. The van der Waals surface area contributed by atoms with Gasteiger partial charge in [-0.2, -0.15) is 0 Å². The highest BCUT2D eigenvalue weighted by Crippen LogP contribution is 2.17. The number of esters is 1. The molecule has 0 spiro atoms. The molecule has 0 aliphatic carbocycles. The Labute approximate surface area is 148 Å². The van der Waals surface area contributed by atoms with E-state index in [2.05, 4.69) is 5.32 Å². The Hall–Kier alpha value is -2.66. The molecule has 132 valence electrons. The van der Waals surface area contributed by atoms with Gasteiger partial charge >= 0.3 is 5.97 Å². The van der Waals surface area contributed by atoms with Gasteiger partial charge in [-0.15, -0.1) is 0 Å². The molecule has 0 saturated heterocycles. The molecule has 0 unspecified atom stereocenters. The first-order valence-corrected chi connectivity index (χ1v) is 8.06. The van der Waals surface area contributed by atoms with Gasteiger partial charge in [0.05, 0.1) is 7.11 Å². The normalized spacial score (nSPS) is 12.9. The molecule has 0 bridgehead atoms. The van der Waals surface area contributed by atoms with Crippen LogP contribution in [0.5, 0.6) is 0 Å². The number of methoxy groups -OCH3 is 2. The first kappa shape index (κ1) is 18.7. The van der Waals surface area contributed by atoms with E-state index in [4.69, 9.17) is 9.47 Å². The van der Waals surface area contributed by atoms with Crippen LogP contribution in [0.4, 0.5) is 0 Å². The maximum atomic E-state index is 12.6. The number of hydrogen-bond donors (Lipinski definition) is 1. The fraction of sp³-hybridized carbons (Fsp3) is 0.300. The zero-order chi connectivity index (χ0) is 18.2. The molecule has 2 aromatic carbocycles. The van der Waals surface area contributed by atoms with Gasteiger partial charge in [0, 0.05) is 13.5 Å². The highest BCUT2D eigenvalue weighted by molar-refractivity contribution is 5.87. The van der Waals surface area contributed by atoms with E-state index in [1.807, 2.05) is 49.4 Å². The summed E-state index contributed by atoms with van der Waals surface area (Å²) in [6.45, 7) is 1.99. The van der Waals surface area contributed by atoms with Crippen LogP contribution in [0.25, 0.3) is 0 Å². The largest absolute Gasteiger partial charge is 0.467 e. The van der Waals surface area contributed by atoms with Crippen LogP contribution >= 0.6 is 0 Å². The molecule has 5 heteroatoms. The third-order valence-electron chi connectivity index (χ3n) is 3.94. The van der Waals surface area contributed by atoms with Crippen molar-refractivity contribution in [3.63, 3.8) is 0 Å². The molecule has 0 fully saturated rings. The second-order valence-corrected chi connectivity index (χ2v) is 5.80. The van der Waals surface area contributed by atoms with Crippen LogP contribution in [0.3, 0.4) is 0 Å². The van der Waals surface area contributed by atoms with E-state index in [1.54, 1.807) is 12.1 Å². The van der Waals surface area contributed by atoms with Crippen LogP contribution in [0.15, 0.2) is 54.6 Å². The van der Waals surface area contributed by atoms with Crippen LogP contribution < -0.4 is 5.32 Å². The van der Waals surface area contributed by atoms with Gasteiger partial charge in [0.15, 0.2) is 6.10 Å². The van der Waals surface area contributed by atoms with Crippen molar-refractivity contribution in [3.8, 4) is 0 Å². The predicted octanol–water partition coefficient (Wildman–Crippen LogP) is 2.58. The average Bonchev–Trinajstić information content (AvgIpc) is 2.64. The summed E-state index contributed by atoms with van der Waals surface area (Å²) >= 11 is 0. The van der Waals surface area contributed by atoms with E-state index >= 15 is 0 Å². The first-order valence-electron chi connectivity index (χ1n) is 8.06. The van der Waals surface area contributed by atoms with Gasteiger partial charge in [-0.25, -0.2) is 4.79 Å². The lowest BCUT2D eigenvalue weighted by atomic mass is 10.0. The lowest BCUT2D eigenvalue weighted by molar-refractivity contribution is -0.146. The van der Waals surface area contributed by atoms with Gasteiger partial charge in [0.25, 0.3) is 5.91 Å². The molecule has 0 aliphatic heterocycles. The second kappa shape index (κ2) is 8.99. The zero-order valence-electron chi connectivity index (χ0n) is 14.7. The molecule has 5 nitrogen and oxygen atoms in total. The van der Waals surface area contributed by atoms with E-state index in [1.165, 1.54) is 14.2 Å². The van der Waals surface area contributed by atoms with Crippen LogP contribution in [0.2, 0.25) is 0 Å². The van der Waals surface area contributed by atoms with Crippen molar-refractivity contribution in [1.29, 1.82) is 0 Å². The molecule has 0 radical (unpaired) electrons. The molecule has 2 rings (SSSR count). The Morgan fingerprint density at radius 2 is 1.64 bits per heavy atom. The van der Waals surface area contributed by atoms with Gasteiger partial charge in [0.1, 0.15) is 6.04 Å². The van der Waals surface area contributed by atoms with E-state index in [9.17, 15) is 9.59 Å². The van der Waals surface area contributed by atoms with Crippen molar-refractivity contribution in [2.75, 3.05) is 14.2 Å². The number of carbonyl (C=O) groups is 2. The van der Waals surface area contributed by atoms with Crippen molar-refractivity contribution in [2.45, 2.75) is 25.5 Å². The predicted molar refractivity (Wildman–Crippen MR) is 95.0 cm³/mol. The minimum atomic E-state index is -0.786. The molecular formula is C20H23NO4. The van der Waals surface area contributed by atoms with Crippen molar-refractivity contribution in [3.05, 3.63) is 71.3 Å². The van der Waals surface area contributed by atoms with Crippen molar-refractivity contribution >= 4 is 11.9 Å². The van der Waals surface area contributed by atoms with E-state index in [0.717, 1.165) is 16.7 Å². The van der Waals surface area contributed by atoms with Crippen molar-refractivity contribution < 1.29 is 19.1 Å². The summed E-state index contributed by atoms with van der Waals surface area (Å²) in [5.41, 5.74) is 2.79. The highest BCUT2D eigenvalue weighted by Gasteiger charge is 2.27. The topological polar surface area (TPSA) is 64.6 Å². The van der Waals surface area contributed by atoms with E-state index < -0.39 is 18.1 Å².